The van der Waals surface area contributed by atoms with Crippen molar-refractivity contribution in [2.75, 3.05) is 33.3 Å². The average Bonchev–Trinajstić information content (AvgIpc) is 2.48. The highest BCUT2D eigenvalue weighted by Crippen LogP contribution is 2.37. The van der Waals surface area contributed by atoms with Crippen LogP contribution >= 0.6 is 0 Å². The molecule has 1 fully saturated rings. The van der Waals surface area contributed by atoms with Crippen LogP contribution in [-0.2, 0) is 0 Å². The Bertz CT molecular complexity index is 398. The van der Waals surface area contributed by atoms with E-state index in [4.69, 9.17) is 4.74 Å². The molecule has 1 aromatic rings. The molecule has 0 spiro atoms. The summed E-state index contributed by atoms with van der Waals surface area (Å²) in [6.07, 6.45) is 3.79. The van der Waals surface area contributed by atoms with E-state index in [1.54, 1.807) is 7.11 Å². The second kappa shape index (κ2) is 8.40. The molecular formula is C18H30N2O. The summed E-state index contributed by atoms with van der Waals surface area (Å²) in [5, 5.41) is 3.70. The second-order valence-corrected chi connectivity index (χ2v) is 6.03. The van der Waals surface area contributed by atoms with Gasteiger partial charge in [-0.1, -0.05) is 26.0 Å². The number of hydrogen-bond acceptors (Lipinski definition) is 3. The number of rotatable bonds is 9. The van der Waals surface area contributed by atoms with Crippen LogP contribution in [0.4, 0.5) is 0 Å². The monoisotopic (exact) mass is 290 g/mol. The maximum absolute atomic E-state index is 5.21. The molecule has 0 amide bonds. The number of benzene rings is 1. The van der Waals surface area contributed by atoms with Crippen molar-refractivity contribution in [3.05, 3.63) is 29.8 Å². The van der Waals surface area contributed by atoms with E-state index in [1.807, 2.05) is 0 Å². The topological polar surface area (TPSA) is 24.5 Å². The second-order valence-electron chi connectivity index (χ2n) is 6.03. The molecule has 21 heavy (non-hydrogen) atoms. The van der Waals surface area contributed by atoms with Gasteiger partial charge in [0.25, 0.3) is 0 Å². The lowest BCUT2D eigenvalue weighted by molar-refractivity contribution is 0.249. The summed E-state index contributed by atoms with van der Waals surface area (Å²) in [5.41, 5.74) is 1.45. The molecule has 1 aliphatic rings. The number of ether oxygens (including phenoxy) is 1. The van der Waals surface area contributed by atoms with Crippen molar-refractivity contribution in [3.8, 4) is 5.75 Å². The molecule has 118 valence electrons. The first-order chi connectivity index (χ1) is 10.3. The van der Waals surface area contributed by atoms with Gasteiger partial charge in [-0.25, -0.2) is 0 Å². The van der Waals surface area contributed by atoms with E-state index in [1.165, 1.54) is 37.9 Å². The van der Waals surface area contributed by atoms with E-state index in [0.717, 1.165) is 24.8 Å². The molecular weight excluding hydrogens is 260 g/mol. The van der Waals surface area contributed by atoms with Crippen LogP contribution in [0.5, 0.6) is 5.75 Å². The van der Waals surface area contributed by atoms with E-state index in [-0.39, 0.29) is 0 Å². The molecule has 1 N–H and O–H groups in total. The maximum Gasteiger partial charge on any atom is 0.118 e. The predicted octanol–water partition coefficient (Wildman–Crippen LogP) is 3.26. The first kappa shape index (κ1) is 16.3. The predicted molar refractivity (Wildman–Crippen MR) is 89.2 cm³/mol. The van der Waals surface area contributed by atoms with Gasteiger partial charge in [-0.15, -0.1) is 0 Å². The number of nitrogens with zero attached hydrogens (tertiary/aromatic N) is 1. The van der Waals surface area contributed by atoms with Gasteiger partial charge < -0.3 is 15.0 Å². The highest BCUT2D eigenvalue weighted by molar-refractivity contribution is 5.30. The van der Waals surface area contributed by atoms with Crippen LogP contribution in [0.25, 0.3) is 0 Å². The molecule has 0 aliphatic heterocycles. The van der Waals surface area contributed by atoms with Crippen LogP contribution in [0, 0.1) is 0 Å². The molecule has 0 aromatic heterocycles. The summed E-state index contributed by atoms with van der Waals surface area (Å²) >= 11 is 0. The largest absolute Gasteiger partial charge is 0.497 e. The third-order valence-corrected chi connectivity index (χ3v) is 4.57. The normalized spacial score (nSPS) is 21.3. The zero-order valence-corrected chi connectivity index (χ0v) is 13.8. The maximum atomic E-state index is 5.21. The van der Waals surface area contributed by atoms with Crippen molar-refractivity contribution in [1.29, 1.82) is 0 Å². The summed E-state index contributed by atoms with van der Waals surface area (Å²) < 4.78 is 5.21. The Morgan fingerprint density at radius 1 is 1.14 bits per heavy atom. The zero-order valence-electron chi connectivity index (χ0n) is 13.8. The number of likely N-dealkylation sites (N-methyl/N-ethyl adjacent to an activating group) is 1. The van der Waals surface area contributed by atoms with Crippen molar-refractivity contribution in [1.82, 2.24) is 10.2 Å². The fourth-order valence-corrected chi connectivity index (χ4v) is 3.10. The minimum atomic E-state index is 0.706. The quantitative estimate of drug-likeness (QED) is 0.755. The number of nitrogens with one attached hydrogen (secondary N) is 1. The zero-order chi connectivity index (χ0) is 15.1. The summed E-state index contributed by atoms with van der Waals surface area (Å²) in [4.78, 5) is 2.52. The summed E-state index contributed by atoms with van der Waals surface area (Å²) in [6, 6.07) is 9.26. The third-order valence-electron chi connectivity index (χ3n) is 4.57. The van der Waals surface area contributed by atoms with Gasteiger partial charge >= 0.3 is 0 Å². The van der Waals surface area contributed by atoms with Crippen molar-refractivity contribution < 1.29 is 4.74 Å². The molecule has 2 rings (SSSR count). The van der Waals surface area contributed by atoms with Gasteiger partial charge in [0.1, 0.15) is 5.75 Å². The average molecular weight is 290 g/mol. The van der Waals surface area contributed by atoms with Crippen LogP contribution in [-0.4, -0.2) is 44.2 Å². The van der Waals surface area contributed by atoms with Crippen LogP contribution in [0.2, 0.25) is 0 Å². The lowest BCUT2D eigenvalue weighted by Gasteiger charge is -2.37. The SMILES string of the molecule is CCCN(CC)CCNC1CC(c2ccc(OC)cc2)C1. The van der Waals surface area contributed by atoms with E-state index in [9.17, 15) is 0 Å². The molecule has 3 nitrogen and oxygen atoms in total. The smallest absolute Gasteiger partial charge is 0.118 e. The molecule has 0 radical (unpaired) electrons. The van der Waals surface area contributed by atoms with Gasteiger partial charge in [0.15, 0.2) is 0 Å². The van der Waals surface area contributed by atoms with Gasteiger partial charge in [0.05, 0.1) is 7.11 Å². The summed E-state index contributed by atoms with van der Waals surface area (Å²) in [6.45, 7) is 9.17. The van der Waals surface area contributed by atoms with Gasteiger partial charge in [0, 0.05) is 19.1 Å². The lowest BCUT2D eigenvalue weighted by atomic mass is 9.76. The molecule has 0 heterocycles. The van der Waals surface area contributed by atoms with E-state index >= 15 is 0 Å². The molecule has 0 atom stereocenters. The first-order valence-corrected chi connectivity index (χ1v) is 8.36. The Labute approximate surface area is 129 Å². The number of methoxy groups -OCH3 is 1. The van der Waals surface area contributed by atoms with Crippen LogP contribution in [0.3, 0.4) is 0 Å². The Morgan fingerprint density at radius 2 is 1.86 bits per heavy atom. The molecule has 1 saturated carbocycles. The van der Waals surface area contributed by atoms with Crippen molar-refractivity contribution in [2.24, 2.45) is 0 Å². The third kappa shape index (κ3) is 4.72. The molecule has 1 aliphatic carbocycles. The Hall–Kier alpha value is -1.06. The van der Waals surface area contributed by atoms with Crippen LogP contribution in [0.15, 0.2) is 24.3 Å². The van der Waals surface area contributed by atoms with Gasteiger partial charge in [-0.05, 0) is 56.0 Å². The van der Waals surface area contributed by atoms with E-state index in [0.29, 0.717) is 6.04 Å². The highest BCUT2D eigenvalue weighted by atomic mass is 16.5. The Morgan fingerprint density at radius 3 is 2.43 bits per heavy atom. The van der Waals surface area contributed by atoms with Gasteiger partial charge in [0.2, 0.25) is 0 Å². The molecule has 0 saturated heterocycles. The highest BCUT2D eigenvalue weighted by Gasteiger charge is 2.29. The van der Waals surface area contributed by atoms with E-state index < -0.39 is 0 Å². The molecule has 1 aromatic carbocycles. The van der Waals surface area contributed by atoms with Crippen molar-refractivity contribution in [3.63, 3.8) is 0 Å². The van der Waals surface area contributed by atoms with Gasteiger partial charge in [-0.3, -0.25) is 0 Å². The Kier molecular flexibility index (Phi) is 6.52. The fourth-order valence-electron chi connectivity index (χ4n) is 3.10. The minimum absolute atomic E-state index is 0.706. The summed E-state index contributed by atoms with van der Waals surface area (Å²) in [5.74, 6) is 1.68. The number of hydrogen-bond donors (Lipinski definition) is 1. The standard InChI is InChI=1S/C18H30N2O/c1-4-11-20(5-2)12-10-19-17-13-16(14-17)15-6-8-18(21-3)9-7-15/h6-9,16-17,19H,4-5,10-14H2,1-3H3. The van der Waals surface area contributed by atoms with E-state index in [2.05, 4.69) is 48.3 Å². The summed E-state index contributed by atoms with van der Waals surface area (Å²) in [7, 11) is 1.72. The van der Waals surface area contributed by atoms with Crippen LogP contribution in [0.1, 0.15) is 44.6 Å². The Balaban J connectivity index is 1.64. The molecule has 3 heteroatoms. The first-order valence-electron chi connectivity index (χ1n) is 8.36. The van der Waals surface area contributed by atoms with Gasteiger partial charge in [-0.2, -0.15) is 0 Å². The molecule has 0 unspecified atom stereocenters. The fraction of sp³-hybridized carbons (Fsp3) is 0.667. The minimum Gasteiger partial charge on any atom is -0.497 e. The molecule has 0 bridgehead atoms. The van der Waals surface area contributed by atoms with Crippen LogP contribution < -0.4 is 10.1 Å². The lowest BCUT2D eigenvalue weighted by Crippen LogP contribution is -2.43. The van der Waals surface area contributed by atoms with Crippen molar-refractivity contribution >= 4 is 0 Å². The van der Waals surface area contributed by atoms with Crippen molar-refractivity contribution in [2.45, 2.75) is 45.1 Å².